The van der Waals surface area contributed by atoms with Crippen LogP contribution in [-0.2, 0) is 4.74 Å². The molecule has 2 heterocycles. The molecule has 104 valence electrons. The Kier molecular flexibility index (Phi) is 4.43. The lowest BCUT2D eigenvalue weighted by atomic mass is 10.1. The second kappa shape index (κ2) is 5.70. The van der Waals surface area contributed by atoms with Crippen LogP contribution in [0.25, 0.3) is 0 Å². The molecule has 1 amide bonds. The van der Waals surface area contributed by atoms with Crippen molar-refractivity contribution in [3.05, 3.63) is 0 Å². The van der Waals surface area contributed by atoms with Crippen LogP contribution in [0.3, 0.4) is 0 Å². The van der Waals surface area contributed by atoms with E-state index in [0.717, 1.165) is 31.1 Å². The van der Waals surface area contributed by atoms with E-state index >= 15 is 0 Å². The molecule has 1 N–H and O–H groups in total. The lowest BCUT2D eigenvalue weighted by Crippen LogP contribution is -2.51. The average molecular weight is 272 g/mol. The molecule has 4 nitrogen and oxygen atoms in total. The van der Waals surface area contributed by atoms with Gasteiger partial charge in [0.25, 0.3) is 0 Å². The van der Waals surface area contributed by atoms with Gasteiger partial charge < -0.3 is 15.0 Å². The number of amides is 1. The van der Waals surface area contributed by atoms with Crippen molar-refractivity contribution < 1.29 is 9.53 Å². The van der Waals surface area contributed by atoms with E-state index in [0.29, 0.717) is 12.0 Å². The molecule has 0 radical (unpaired) electrons. The normalized spacial score (nSPS) is 24.7. The summed E-state index contributed by atoms with van der Waals surface area (Å²) in [5, 5.41) is 3.36. The molecule has 2 fully saturated rings. The smallest absolute Gasteiger partial charge is 0.410 e. The van der Waals surface area contributed by atoms with Crippen molar-refractivity contribution in [2.45, 2.75) is 38.8 Å². The van der Waals surface area contributed by atoms with E-state index < -0.39 is 5.60 Å². The third kappa shape index (κ3) is 3.79. The third-order valence-electron chi connectivity index (χ3n) is 3.31. The van der Waals surface area contributed by atoms with E-state index in [-0.39, 0.29) is 6.09 Å². The molecule has 0 saturated carbocycles. The van der Waals surface area contributed by atoms with Gasteiger partial charge in [0.05, 0.1) is 6.04 Å². The first kappa shape index (κ1) is 14.0. The fourth-order valence-electron chi connectivity index (χ4n) is 2.24. The molecule has 18 heavy (non-hydrogen) atoms. The van der Waals surface area contributed by atoms with Crippen LogP contribution in [0, 0.1) is 5.92 Å². The predicted molar refractivity (Wildman–Crippen MR) is 75.0 cm³/mol. The van der Waals surface area contributed by atoms with Gasteiger partial charge in [-0.1, -0.05) is 0 Å². The molecule has 2 aliphatic heterocycles. The van der Waals surface area contributed by atoms with Crippen LogP contribution in [0.15, 0.2) is 0 Å². The Bertz CT molecular complexity index is 294. The Morgan fingerprint density at radius 2 is 2.17 bits per heavy atom. The van der Waals surface area contributed by atoms with E-state index in [4.69, 9.17) is 4.74 Å². The number of hydrogen-bond acceptors (Lipinski definition) is 4. The van der Waals surface area contributed by atoms with Gasteiger partial charge in [-0.25, -0.2) is 4.79 Å². The Labute approximate surface area is 114 Å². The maximum Gasteiger partial charge on any atom is 0.410 e. The molecule has 1 atom stereocenters. The highest BCUT2D eigenvalue weighted by atomic mass is 32.2. The van der Waals surface area contributed by atoms with E-state index in [1.165, 1.54) is 6.42 Å². The predicted octanol–water partition coefficient (Wildman–Crippen LogP) is 1.95. The monoisotopic (exact) mass is 272 g/mol. The largest absolute Gasteiger partial charge is 0.444 e. The minimum Gasteiger partial charge on any atom is -0.444 e. The van der Waals surface area contributed by atoms with Crippen LogP contribution in [-0.4, -0.2) is 53.8 Å². The minimum atomic E-state index is -0.403. The van der Waals surface area contributed by atoms with Gasteiger partial charge in [0.2, 0.25) is 0 Å². The second-order valence-corrected chi connectivity index (χ2v) is 7.26. The quantitative estimate of drug-likeness (QED) is 0.852. The van der Waals surface area contributed by atoms with E-state index in [9.17, 15) is 4.79 Å². The molecule has 0 bridgehead atoms. The Morgan fingerprint density at radius 1 is 1.44 bits per heavy atom. The highest BCUT2D eigenvalue weighted by Crippen LogP contribution is 2.26. The first-order chi connectivity index (χ1) is 8.46. The molecule has 1 unspecified atom stereocenters. The highest BCUT2D eigenvalue weighted by molar-refractivity contribution is 8.00. The molecule has 0 aromatic heterocycles. The number of rotatable bonds is 3. The number of nitrogens with one attached hydrogen (secondary N) is 1. The molecular weight excluding hydrogens is 248 g/mol. The second-order valence-electron chi connectivity index (χ2n) is 6.18. The van der Waals surface area contributed by atoms with Crippen LogP contribution in [0.5, 0.6) is 0 Å². The van der Waals surface area contributed by atoms with Crippen molar-refractivity contribution >= 4 is 17.9 Å². The molecule has 0 spiro atoms. The Balaban J connectivity index is 1.93. The number of ether oxygens (including phenoxy) is 1. The molecule has 0 aliphatic carbocycles. The fraction of sp³-hybridized carbons (Fsp3) is 0.923. The zero-order chi connectivity index (χ0) is 13.2. The summed E-state index contributed by atoms with van der Waals surface area (Å²) in [6.07, 6.45) is 1.03. The average Bonchev–Trinajstić information content (AvgIpc) is 2.63. The molecular formula is C13H24N2O2S. The van der Waals surface area contributed by atoms with Crippen molar-refractivity contribution in [3.63, 3.8) is 0 Å². The summed E-state index contributed by atoms with van der Waals surface area (Å²) in [7, 11) is 0. The topological polar surface area (TPSA) is 41.6 Å². The van der Waals surface area contributed by atoms with Crippen LogP contribution < -0.4 is 5.32 Å². The van der Waals surface area contributed by atoms with Gasteiger partial charge in [0, 0.05) is 18.1 Å². The molecule has 2 aliphatic rings. The maximum absolute atomic E-state index is 12.3. The lowest BCUT2D eigenvalue weighted by molar-refractivity contribution is 0.0161. The van der Waals surface area contributed by atoms with Crippen molar-refractivity contribution in [3.8, 4) is 0 Å². The summed E-state index contributed by atoms with van der Waals surface area (Å²) in [4.78, 5) is 14.2. The summed E-state index contributed by atoms with van der Waals surface area (Å²) >= 11 is 1.90. The van der Waals surface area contributed by atoms with Gasteiger partial charge in [0.1, 0.15) is 5.60 Å². The van der Waals surface area contributed by atoms with Gasteiger partial charge >= 0.3 is 6.09 Å². The van der Waals surface area contributed by atoms with Gasteiger partial charge in [-0.05, 0) is 46.2 Å². The van der Waals surface area contributed by atoms with Crippen molar-refractivity contribution in [1.29, 1.82) is 0 Å². The Hall–Kier alpha value is -0.420. The van der Waals surface area contributed by atoms with Crippen LogP contribution in [0.1, 0.15) is 27.2 Å². The zero-order valence-corrected chi connectivity index (χ0v) is 12.4. The first-order valence-electron chi connectivity index (χ1n) is 6.74. The van der Waals surface area contributed by atoms with Gasteiger partial charge in [-0.2, -0.15) is 11.8 Å². The minimum absolute atomic E-state index is 0.139. The zero-order valence-electron chi connectivity index (χ0n) is 11.6. The van der Waals surface area contributed by atoms with E-state index in [2.05, 4.69) is 5.32 Å². The third-order valence-corrected chi connectivity index (χ3v) is 4.55. The fourth-order valence-corrected chi connectivity index (χ4v) is 3.05. The number of carbonyl (C=O) groups is 1. The molecule has 5 heteroatoms. The van der Waals surface area contributed by atoms with Crippen LogP contribution in [0.4, 0.5) is 4.79 Å². The SMILES string of the molecule is CC(C)(C)OC(=O)N(CC1CCNC1)C1CSC1. The number of hydrogen-bond donors (Lipinski definition) is 1. The highest BCUT2D eigenvalue weighted by Gasteiger charge is 2.34. The summed E-state index contributed by atoms with van der Waals surface area (Å²) in [6, 6.07) is 0.380. The molecule has 2 rings (SSSR count). The number of nitrogens with zero attached hydrogens (tertiary/aromatic N) is 1. The summed E-state index contributed by atoms with van der Waals surface area (Å²) in [6.45, 7) is 8.72. The van der Waals surface area contributed by atoms with E-state index in [1.54, 1.807) is 0 Å². The van der Waals surface area contributed by atoms with Crippen LogP contribution in [0.2, 0.25) is 0 Å². The van der Waals surface area contributed by atoms with Gasteiger partial charge in [0.15, 0.2) is 0 Å². The molecule has 0 aromatic rings. The maximum atomic E-state index is 12.3. The van der Waals surface area contributed by atoms with E-state index in [1.807, 2.05) is 37.4 Å². The number of carbonyl (C=O) groups excluding carboxylic acids is 1. The van der Waals surface area contributed by atoms with Gasteiger partial charge in [-0.3, -0.25) is 0 Å². The summed E-state index contributed by atoms with van der Waals surface area (Å²) < 4.78 is 5.52. The van der Waals surface area contributed by atoms with Gasteiger partial charge in [-0.15, -0.1) is 0 Å². The van der Waals surface area contributed by atoms with Crippen molar-refractivity contribution in [2.75, 3.05) is 31.1 Å². The summed E-state index contributed by atoms with van der Waals surface area (Å²) in [5.41, 5.74) is -0.403. The number of thioether (sulfide) groups is 1. The van der Waals surface area contributed by atoms with Crippen molar-refractivity contribution in [1.82, 2.24) is 10.2 Å². The Morgan fingerprint density at radius 3 is 2.61 bits per heavy atom. The lowest BCUT2D eigenvalue weighted by Gasteiger charge is -2.39. The molecule has 2 saturated heterocycles. The standard InChI is InChI=1S/C13H24N2O2S/c1-13(2,3)17-12(16)15(11-8-18-9-11)7-10-4-5-14-6-10/h10-11,14H,4-9H2,1-3H3. The van der Waals surface area contributed by atoms with Crippen LogP contribution >= 0.6 is 11.8 Å². The first-order valence-corrected chi connectivity index (χ1v) is 7.89. The summed E-state index contributed by atoms with van der Waals surface area (Å²) in [5.74, 6) is 2.70. The van der Waals surface area contributed by atoms with Crippen molar-refractivity contribution in [2.24, 2.45) is 5.92 Å². The molecule has 0 aromatic carbocycles.